The van der Waals surface area contributed by atoms with Gasteiger partial charge in [0.05, 0.1) is 0 Å². The molecule has 0 radical (unpaired) electrons. The minimum absolute atomic E-state index is 0.265. The highest BCUT2D eigenvalue weighted by atomic mass is 16.2. The molecule has 5 heteroatoms. The molecule has 0 saturated heterocycles. The largest absolute Gasteiger partial charge is 0.372 e. The summed E-state index contributed by atoms with van der Waals surface area (Å²) in [6.07, 6.45) is 2.21. The lowest BCUT2D eigenvalue weighted by Crippen LogP contribution is -2.21. The summed E-state index contributed by atoms with van der Waals surface area (Å²) in [7, 11) is 0. The predicted octanol–water partition coefficient (Wildman–Crippen LogP) is 2.93. The summed E-state index contributed by atoms with van der Waals surface area (Å²) in [4.78, 5) is 27.6. The molecular weight excluding hydrogens is 266 g/mol. The molecule has 2 rings (SSSR count). The first kappa shape index (κ1) is 14.8. The Hall–Kier alpha value is -2.56. The lowest BCUT2D eigenvalue weighted by atomic mass is 10.2. The Kier molecular flexibility index (Phi) is 4.77. The zero-order chi connectivity index (χ0) is 15.2. The van der Waals surface area contributed by atoms with E-state index in [2.05, 4.69) is 29.0 Å². The highest BCUT2D eigenvalue weighted by molar-refractivity contribution is 6.03. The van der Waals surface area contributed by atoms with Crippen LogP contribution in [-0.2, 0) is 0 Å². The summed E-state index contributed by atoms with van der Waals surface area (Å²) in [6, 6.07) is 9.22. The molecule has 0 fully saturated rings. The molecule has 0 aliphatic rings. The summed E-state index contributed by atoms with van der Waals surface area (Å²) in [6.45, 7) is 6.10. The van der Waals surface area contributed by atoms with Gasteiger partial charge in [0.15, 0.2) is 6.29 Å². The highest BCUT2D eigenvalue weighted by Gasteiger charge is 2.09. The second kappa shape index (κ2) is 6.74. The Morgan fingerprint density at radius 2 is 1.90 bits per heavy atom. The minimum Gasteiger partial charge on any atom is -0.372 e. The van der Waals surface area contributed by atoms with E-state index in [1.54, 1.807) is 0 Å². The van der Waals surface area contributed by atoms with Crippen molar-refractivity contribution in [2.45, 2.75) is 13.8 Å². The molecule has 0 spiro atoms. The van der Waals surface area contributed by atoms with Gasteiger partial charge >= 0.3 is 0 Å². The van der Waals surface area contributed by atoms with Crippen molar-refractivity contribution < 1.29 is 9.59 Å². The Morgan fingerprint density at radius 1 is 1.24 bits per heavy atom. The van der Waals surface area contributed by atoms with Gasteiger partial charge in [0.1, 0.15) is 5.69 Å². The molecule has 2 N–H and O–H groups in total. The fourth-order valence-electron chi connectivity index (χ4n) is 2.15. The number of amides is 1. The van der Waals surface area contributed by atoms with Crippen molar-refractivity contribution in [3.63, 3.8) is 0 Å². The lowest BCUT2D eigenvalue weighted by molar-refractivity contribution is 0.102. The van der Waals surface area contributed by atoms with Gasteiger partial charge in [0.2, 0.25) is 0 Å². The maximum absolute atomic E-state index is 12.0. The molecular formula is C16H19N3O2. The summed E-state index contributed by atoms with van der Waals surface area (Å²) in [5, 5.41) is 2.79. The number of hydrogen-bond donors (Lipinski definition) is 2. The van der Waals surface area contributed by atoms with Gasteiger partial charge in [-0.05, 0) is 44.2 Å². The van der Waals surface area contributed by atoms with Crippen molar-refractivity contribution in [1.82, 2.24) is 4.98 Å². The van der Waals surface area contributed by atoms with Crippen LogP contribution in [0, 0.1) is 0 Å². The Bertz CT molecular complexity index is 613. The van der Waals surface area contributed by atoms with Gasteiger partial charge in [-0.3, -0.25) is 9.59 Å². The van der Waals surface area contributed by atoms with E-state index in [9.17, 15) is 9.59 Å². The van der Waals surface area contributed by atoms with E-state index in [-0.39, 0.29) is 5.91 Å². The van der Waals surface area contributed by atoms with Crippen LogP contribution in [0.5, 0.6) is 0 Å². The van der Waals surface area contributed by atoms with E-state index in [1.165, 1.54) is 12.3 Å². The van der Waals surface area contributed by atoms with Crippen molar-refractivity contribution in [2.24, 2.45) is 0 Å². The average molecular weight is 285 g/mol. The molecule has 2 aromatic rings. The molecule has 21 heavy (non-hydrogen) atoms. The van der Waals surface area contributed by atoms with E-state index in [4.69, 9.17) is 0 Å². The molecule has 0 bridgehead atoms. The van der Waals surface area contributed by atoms with Crippen LogP contribution in [0.3, 0.4) is 0 Å². The summed E-state index contributed by atoms with van der Waals surface area (Å²) in [5.41, 5.74) is 2.67. The molecule has 1 heterocycles. The summed E-state index contributed by atoms with van der Waals surface area (Å²) in [5.74, 6) is -0.265. The SMILES string of the molecule is CCN(CC)c1ccc(NC(=O)c2cc(C=O)c[nH]2)cc1. The molecule has 1 aromatic carbocycles. The van der Waals surface area contributed by atoms with E-state index in [1.807, 2.05) is 24.3 Å². The van der Waals surface area contributed by atoms with Gasteiger partial charge in [-0.2, -0.15) is 0 Å². The van der Waals surface area contributed by atoms with Crippen LogP contribution < -0.4 is 10.2 Å². The zero-order valence-corrected chi connectivity index (χ0v) is 12.2. The number of aromatic amines is 1. The quantitative estimate of drug-likeness (QED) is 0.802. The molecule has 0 aliphatic carbocycles. The topological polar surface area (TPSA) is 65.2 Å². The van der Waals surface area contributed by atoms with Gasteiger partial charge < -0.3 is 15.2 Å². The number of nitrogens with one attached hydrogen (secondary N) is 2. The van der Waals surface area contributed by atoms with E-state index in [0.29, 0.717) is 17.5 Å². The van der Waals surface area contributed by atoms with Crippen molar-refractivity contribution in [1.29, 1.82) is 0 Å². The normalized spacial score (nSPS) is 10.2. The standard InChI is InChI=1S/C16H19N3O2/c1-3-19(4-2)14-7-5-13(6-8-14)18-16(21)15-9-12(11-20)10-17-15/h5-11,17H,3-4H2,1-2H3,(H,18,21). The smallest absolute Gasteiger partial charge is 0.272 e. The van der Waals surface area contributed by atoms with E-state index >= 15 is 0 Å². The van der Waals surface area contributed by atoms with Crippen molar-refractivity contribution in [2.75, 3.05) is 23.3 Å². The third-order valence-electron chi connectivity index (χ3n) is 3.34. The van der Waals surface area contributed by atoms with Crippen LogP contribution in [0.1, 0.15) is 34.7 Å². The van der Waals surface area contributed by atoms with Crippen LogP contribution in [0.2, 0.25) is 0 Å². The monoisotopic (exact) mass is 285 g/mol. The average Bonchev–Trinajstić information content (AvgIpc) is 2.99. The first-order valence-corrected chi connectivity index (χ1v) is 6.97. The van der Waals surface area contributed by atoms with Crippen molar-refractivity contribution in [3.05, 3.63) is 47.8 Å². The Morgan fingerprint density at radius 3 is 2.43 bits per heavy atom. The Balaban J connectivity index is 2.06. The number of carbonyl (C=O) groups is 2. The van der Waals surface area contributed by atoms with Crippen molar-refractivity contribution >= 4 is 23.6 Å². The van der Waals surface area contributed by atoms with Gasteiger partial charge in [-0.15, -0.1) is 0 Å². The number of aromatic nitrogens is 1. The third kappa shape index (κ3) is 3.51. The van der Waals surface area contributed by atoms with Gasteiger partial charge in [0.25, 0.3) is 5.91 Å². The Labute approximate surface area is 124 Å². The van der Waals surface area contributed by atoms with E-state index < -0.39 is 0 Å². The maximum Gasteiger partial charge on any atom is 0.272 e. The van der Waals surface area contributed by atoms with E-state index in [0.717, 1.165) is 24.5 Å². The molecule has 0 atom stereocenters. The molecule has 1 aromatic heterocycles. The highest BCUT2D eigenvalue weighted by Crippen LogP contribution is 2.18. The molecule has 0 unspecified atom stereocenters. The van der Waals surface area contributed by atoms with Crippen LogP contribution in [0.15, 0.2) is 36.5 Å². The minimum atomic E-state index is -0.265. The number of anilines is 2. The number of benzene rings is 1. The second-order valence-corrected chi connectivity index (χ2v) is 4.64. The van der Waals surface area contributed by atoms with Crippen LogP contribution in [-0.4, -0.2) is 30.3 Å². The van der Waals surface area contributed by atoms with Gasteiger partial charge in [0, 0.05) is 36.2 Å². The number of rotatable bonds is 6. The molecule has 0 saturated carbocycles. The fourth-order valence-corrected chi connectivity index (χ4v) is 2.15. The van der Waals surface area contributed by atoms with Crippen LogP contribution in [0.25, 0.3) is 0 Å². The number of H-pyrrole nitrogens is 1. The van der Waals surface area contributed by atoms with Crippen LogP contribution in [0.4, 0.5) is 11.4 Å². The third-order valence-corrected chi connectivity index (χ3v) is 3.34. The second-order valence-electron chi connectivity index (χ2n) is 4.64. The lowest BCUT2D eigenvalue weighted by Gasteiger charge is -2.21. The number of aldehydes is 1. The fraction of sp³-hybridized carbons (Fsp3) is 0.250. The number of hydrogen-bond acceptors (Lipinski definition) is 3. The molecule has 5 nitrogen and oxygen atoms in total. The summed E-state index contributed by atoms with van der Waals surface area (Å²) < 4.78 is 0. The van der Waals surface area contributed by atoms with Crippen molar-refractivity contribution in [3.8, 4) is 0 Å². The number of nitrogens with zero attached hydrogens (tertiary/aromatic N) is 1. The molecule has 110 valence electrons. The summed E-state index contributed by atoms with van der Waals surface area (Å²) >= 11 is 0. The molecule has 0 aliphatic heterocycles. The molecule has 1 amide bonds. The zero-order valence-electron chi connectivity index (χ0n) is 12.2. The number of carbonyl (C=O) groups excluding carboxylic acids is 2. The van der Waals surface area contributed by atoms with Gasteiger partial charge in [-0.1, -0.05) is 0 Å². The van der Waals surface area contributed by atoms with Crippen LogP contribution >= 0.6 is 0 Å². The predicted molar refractivity (Wildman–Crippen MR) is 84.1 cm³/mol. The first-order valence-electron chi connectivity index (χ1n) is 6.97. The first-order chi connectivity index (χ1) is 10.2. The maximum atomic E-state index is 12.0. The van der Waals surface area contributed by atoms with Gasteiger partial charge in [-0.25, -0.2) is 0 Å².